The van der Waals surface area contributed by atoms with E-state index in [1.807, 2.05) is 19.0 Å². The summed E-state index contributed by atoms with van der Waals surface area (Å²) in [5, 5.41) is 9.65. The molecule has 1 N–H and O–H groups in total. The summed E-state index contributed by atoms with van der Waals surface area (Å²) in [6.45, 7) is 0. The molecule has 0 saturated heterocycles. The van der Waals surface area contributed by atoms with E-state index >= 15 is 0 Å². The van der Waals surface area contributed by atoms with Crippen LogP contribution in [0.5, 0.6) is 0 Å². The highest BCUT2D eigenvalue weighted by Gasteiger charge is 2.21. The average molecular weight is 183 g/mol. The Balaban J connectivity index is 2.80. The van der Waals surface area contributed by atoms with E-state index in [9.17, 15) is 9.90 Å². The molecule has 1 rings (SSSR count). The third-order valence-corrected chi connectivity index (χ3v) is 2.21. The first-order valence-electron chi connectivity index (χ1n) is 4.70. The predicted octanol–water partition coefficient (Wildman–Crippen LogP) is 0.936. The van der Waals surface area contributed by atoms with Crippen molar-refractivity contribution in [2.75, 3.05) is 14.1 Å². The van der Waals surface area contributed by atoms with E-state index in [2.05, 4.69) is 0 Å². The Morgan fingerprint density at radius 2 is 2.15 bits per heavy atom. The third-order valence-electron chi connectivity index (χ3n) is 2.21. The Labute approximate surface area is 79.0 Å². The molecular weight excluding hydrogens is 166 g/mol. The van der Waals surface area contributed by atoms with Crippen LogP contribution in [0.3, 0.4) is 0 Å². The molecule has 1 aliphatic carbocycles. The van der Waals surface area contributed by atoms with E-state index in [0.717, 1.165) is 12.8 Å². The average Bonchev–Trinajstić information content (AvgIpc) is 2.18. The number of carbonyl (C=O) groups is 1. The fraction of sp³-hybridized carbons (Fsp3) is 0.700. The van der Waals surface area contributed by atoms with Gasteiger partial charge in [-0.15, -0.1) is 0 Å². The van der Waals surface area contributed by atoms with Crippen molar-refractivity contribution in [1.29, 1.82) is 0 Å². The molecule has 13 heavy (non-hydrogen) atoms. The van der Waals surface area contributed by atoms with Crippen molar-refractivity contribution in [3.05, 3.63) is 11.8 Å². The minimum absolute atomic E-state index is 0.0960. The number of ketones is 1. The van der Waals surface area contributed by atoms with Gasteiger partial charge in [-0.05, 0) is 12.8 Å². The molecule has 0 amide bonds. The zero-order valence-electron chi connectivity index (χ0n) is 8.29. The van der Waals surface area contributed by atoms with E-state index in [1.54, 1.807) is 6.20 Å². The van der Waals surface area contributed by atoms with Gasteiger partial charge in [-0.1, -0.05) is 6.42 Å². The van der Waals surface area contributed by atoms with Crippen LogP contribution < -0.4 is 0 Å². The molecule has 1 saturated carbocycles. The number of nitrogens with zero attached hydrogens (tertiary/aromatic N) is 1. The summed E-state index contributed by atoms with van der Waals surface area (Å²) in [7, 11) is 3.72. The molecule has 1 fully saturated rings. The van der Waals surface area contributed by atoms with E-state index < -0.39 is 6.10 Å². The zero-order chi connectivity index (χ0) is 9.84. The van der Waals surface area contributed by atoms with Crippen molar-refractivity contribution in [3.8, 4) is 0 Å². The molecule has 0 aromatic carbocycles. The van der Waals surface area contributed by atoms with Crippen molar-refractivity contribution in [2.24, 2.45) is 0 Å². The second-order valence-corrected chi connectivity index (χ2v) is 3.73. The lowest BCUT2D eigenvalue weighted by atomic mass is 10.1. The highest BCUT2D eigenvalue weighted by Crippen LogP contribution is 2.19. The molecule has 0 radical (unpaired) electrons. The number of hydrogen-bond acceptors (Lipinski definition) is 3. The molecule has 0 aromatic rings. The van der Waals surface area contributed by atoms with Gasteiger partial charge in [0.1, 0.15) is 0 Å². The van der Waals surface area contributed by atoms with Crippen molar-refractivity contribution in [1.82, 2.24) is 4.90 Å². The van der Waals surface area contributed by atoms with Gasteiger partial charge in [-0.2, -0.15) is 0 Å². The van der Waals surface area contributed by atoms with Crippen LogP contribution in [0.1, 0.15) is 25.7 Å². The lowest BCUT2D eigenvalue weighted by molar-refractivity contribution is -0.116. The highest BCUT2D eigenvalue weighted by atomic mass is 16.3. The lowest BCUT2D eigenvalue weighted by Gasteiger charge is -2.13. The van der Waals surface area contributed by atoms with Crippen LogP contribution in [0, 0.1) is 0 Å². The van der Waals surface area contributed by atoms with Gasteiger partial charge in [0.2, 0.25) is 0 Å². The molecule has 74 valence electrons. The first-order chi connectivity index (χ1) is 6.11. The molecule has 0 heterocycles. The number of rotatable bonds is 1. The van der Waals surface area contributed by atoms with Gasteiger partial charge in [0.05, 0.1) is 6.10 Å². The topological polar surface area (TPSA) is 40.5 Å². The molecule has 3 heteroatoms. The van der Waals surface area contributed by atoms with Crippen molar-refractivity contribution in [2.45, 2.75) is 31.8 Å². The molecule has 0 aliphatic heterocycles. The van der Waals surface area contributed by atoms with Gasteiger partial charge in [-0.25, -0.2) is 0 Å². The second-order valence-electron chi connectivity index (χ2n) is 3.73. The van der Waals surface area contributed by atoms with E-state index in [1.165, 1.54) is 0 Å². The first-order valence-corrected chi connectivity index (χ1v) is 4.70. The number of aliphatic hydroxyl groups excluding tert-OH is 1. The van der Waals surface area contributed by atoms with Crippen LogP contribution in [-0.4, -0.2) is 36.0 Å². The minimum atomic E-state index is -0.558. The quantitative estimate of drug-likeness (QED) is 0.486. The maximum Gasteiger partial charge on any atom is 0.162 e. The van der Waals surface area contributed by atoms with Gasteiger partial charge >= 0.3 is 0 Å². The summed E-state index contributed by atoms with van der Waals surface area (Å²) in [5.41, 5.74) is 0.572. The summed E-state index contributed by atoms with van der Waals surface area (Å²) < 4.78 is 0. The molecule has 0 bridgehead atoms. The molecule has 3 nitrogen and oxygen atoms in total. The number of Topliss-reactive ketones (excluding diaryl/α,β-unsaturated/α-hetero) is 1. The Kier molecular flexibility index (Phi) is 3.48. The van der Waals surface area contributed by atoms with E-state index in [4.69, 9.17) is 0 Å². The molecule has 1 atom stereocenters. The summed E-state index contributed by atoms with van der Waals surface area (Å²) in [6.07, 6.45) is 4.32. The fourth-order valence-electron chi connectivity index (χ4n) is 1.55. The Bertz CT molecular complexity index is 221. The normalized spacial score (nSPS) is 27.5. The maximum absolute atomic E-state index is 11.5. The molecular formula is C10H17NO2. The van der Waals surface area contributed by atoms with Crippen LogP contribution in [0.15, 0.2) is 11.8 Å². The van der Waals surface area contributed by atoms with Crippen molar-refractivity contribution >= 4 is 5.78 Å². The Hall–Kier alpha value is -0.830. The van der Waals surface area contributed by atoms with Gasteiger partial charge in [-0.3, -0.25) is 4.79 Å². The zero-order valence-corrected chi connectivity index (χ0v) is 8.29. The third kappa shape index (κ3) is 2.84. The summed E-state index contributed by atoms with van der Waals surface area (Å²) in [6, 6.07) is 0. The monoisotopic (exact) mass is 183 g/mol. The van der Waals surface area contributed by atoms with Crippen LogP contribution in [-0.2, 0) is 4.79 Å². The van der Waals surface area contributed by atoms with E-state index in [0.29, 0.717) is 18.4 Å². The SMILES string of the molecule is CN(C)/C=C1/C(=O)CCCCC1O. The van der Waals surface area contributed by atoms with Crippen LogP contribution >= 0.6 is 0 Å². The standard InChI is InChI=1S/C10H17NO2/c1-11(2)7-8-9(12)5-3-4-6-10(8)13/h7,9,12H,3-6H2,1-2H3/b8-7+. The minimum Gasteiger partial charge on any atom is -0.388 e. The number of carbonyl (C=O) groups excluding carboxylic acids is 1. The molecule has 0 aromatic heterocycles. The van der Waals surface area contributed by atoms with Gasteiger partial charge in [0.15, 0.2) is 5.78 Å². The van der Waals surface area contributed by atoms with Gasteiger partial charge in [0, 0.05) is 32.3 Å². The molecule has 1 aliphatic rings. The van der Waals surface area contributed by atoms with Crippen LogP contribution in [0.4, 0.5) is 0 Å². The summed E-state index contributed by atoms with van der Waals surface area (Å²) >= 11 is 0. The Morgan fingerprint density at radius 3 is 2.77 bits per heavy atom. The molecule has 0 spiro atoms. The predicted molar refractivity (Wildman–Crippen MR) is 51.3 cm³/mol. The second kappa shape index (κ2) is 4.42. The highest BCUT2D eigenvalue weighted by molar-refractivity contribution is 5.96. The van der Waals surface area contributed by atoms with Crippen LogP contribution in [0.2, 0.25) is 0 Å². The van der Waals surface area contributed by atoms with E-state index in [-0.39, 0.29) is 5.78 Å². The first kappa shape index (κ1) is 10.3. The summed E-state index contributed by atoms with van der Waals surface area (Å²) in [5.74, 6) is 0.0960. The summed E-state index contributed by atoms with van der Waals surface area (Å²) in [4.78, 5) is 13.3. The van der Waals surface area contributed by atoms with Crippen LogP contribution in [0.25, 0.3) is 0 Å². The number of hydrogen-bond donors (Lipinski definition) is 1. The van der Waals surface area contributed by atoms with Crippen molar-refractivity contribution in [3.63, 3.8) is 0 Å². The van der Waals surface area contributed by atoms with Gasteiger partial charge in [0.25, 0.3) is 0 Å². The largest absolute Gasteiger partial charge is 0.388 e. The molecule has 1 unspecified atom stereocenters. The maximum atomic E-state index is 11.5. The Morgan fingerprint density at radius 1 is 1.46 bits per heavy atom. The smallest absolute Gasteiger partial charge is 0.162 e. The van der Waals surface area contributed by atoms with Gasteiger partial charge < -0.3 is 10.0 Å². The number of aliphatic hydroxyl groups is 1. The fourth-order valence-corrected chi connectivity index (χ4v) is 1.55. The lowest BCUT2D eigenvalue weighted by Crippen LogP contribution is -2.18. The van der Waals surface area contributed by atoms with Crippen molar-refractivity contribution < 1.29 is 9.90 Å².